The Hall–Kier alpha value is -2.70. The normalized spacial score (nSPS) is 13.8. The van der Waals surface area contributed by atoms with E-state index in [1.807, 2.05) is 6.08 Å². The van der Waals surface area contributed by atoms with Crippen LogP contribution in [0.5, 0.6) is 0 Å². The van der Waals surface area contributed by atoms with Crippen molar-refractivity contribution < 1.29 is 24.5 Å². The lowest BCUT2D eigenvalue weighted by atomic mass is 10.0. The van der Waals surface area contributed by atoms with Gasteiger partial charge in [-0.2, -0.15) is 0 Å². The van der Waals surface area contributed by atoms with E-state index < -0.39 is 18.2 Å². The number of unbranched alkanes of at least 4 members (excludes halogenated alkanes) is 26. The van der Waals surface area contributed by atoms with Gasteiger partial charge in [0, 0.05) is 6.42 Å². The van der Waals surface area contributed by atoms with Gasteiger partial charge in [-0.15, -0.1) is 0 Å². The van der Waals surface area contributed by atoms with Crippen LogP contribution in [0.15, 0.2) is 72.9 Å². The van der Waals surface area contributed by atoms with E-state index in [0.29, 0.717) is 19.3 Å². The molecule has 0 aromatic rings. The van der Waals surface area contributed by atoms with Crippen LogP contribution in [-0.4, -0.2) is 46.9 Å². The third kappa shape index (κ3) is 45.9. The van der Waals surface area contributed by atoms with Gasteiger partial charge in [0.2, 0.25) is 5.91 Å². The third-order valence-corrected chi connectivity index (χ3v) is 12.0. The van der Waals surface area contributed by atoms with Crippen LogP contribution in [0.25, 0.3) is 0 Å². The fourth-order valence-electron chi connectivity index (χ4n) is 7.92. The van der Waals surface area contributed by atoms with Crippen molar-refractivity contribution in [2.24, 2.45) is 0 Å². The van der Waals surface area contributed by atoms with E-state index in [-0.39, 0.29) is 24.9 Å². The first-order chi connectivity index (χ1) is 31.5. The third-order valence-electron chi connectivity index (χ3n) is 12.0. The van der Waals surface area contributed by atoms with Crippen molar-refractivity contribution in [3.8, 4) is 0 Å². The maximum absolute atomic E-state index is 13.2. The molecule has 370 valence electrons. The van der Waals surface area contributed by atoms with E-state index in [4.69, 9.17) is 4.74 Å². The Morgan fingerprint density at radius 1 is 0.484 bits per heavy atom. The molecule has 0 saturated carbocycles. The van der Waals surface area contributed by atoms with Crippen LogP contribution < -0.4 is 5.32 Å². The zero-order chi connectivity index (χ0) is 46.7. The zero-order valence-electron chi connectivity index (χ0n) is 42.1. The van der Waals surface area contributed by atoms with Crippen LogP contribution in [-0.2, 0) is 14.3 Å². The second-order valence-corrected chi connectivity index (χ2v) is 18.2. The molecular formula is C58H103NO5. The highest BCUT2D eigenvalue weighted by Gasteiger charge is 2.23. The molecule has 0 heterocycles. The molecule has 0 aliphatic heterocycles. The number of nitrogens with one attached hydrogen (secondary N) is 1. The summed E-state index contributed by atoms with van der Waals surface area (Å²) in [4.78, 5) is 26.1. The average molecular weight is 894 g/mol. The second kappa shape index (κ2) is 51.3. The minimum absolute atomic E-state index is 0.0505. The average Bonchev–Trinajstić information content (AvgIpc) is 3.29. The highest BCUT2D eigenvalue weighted by molar-refractivity contribution is 5.78. The molecule has 0 saturated heterocycles. The predicted octanol–water partition coefficient (Wildman–Crippen LogP) is 16.6. The monoisotopic (exact) mass is 894 g/mol. The lowest BCUT2D eigenvalue weighted by Gasteiger charge is -2.23. The number of esters is 1. The molecule has 3 atom stereocenters. The van der Waals surface area contributed by atoms with Crippen LogP contribution >= 0.6 is 0 Å². The Kier molecular flexibility index (Phi) is 49.1. The van der Waals surface area contributed by atoms with Gasteiger partial charge in [0.05, 0.1) is 25.2 Å². The van der Waals surface area contributed by atoms with E-state index in [2.05, 4.69) is 86.8 Å². The lowest BCUT2D eigenvalue weighted by Crippen LogP contribution is -2.46. The number of hydrogen-bond acceptors (Lipinski definition) is 5. The SMILES string of the molecule is CC/C=C/C/C=C/C/C=C/C/C=C/C/C=C/C(CC(=O)NC(CO)C(O)CCCCCCCCCCCCCCC)OC(=O)CCCCCCC/C=C/CCCCCCCCCCC. The van der Waals surface area contributed by atoms with E-state index >= 15 is 0 Å². The Morgan fingerprint density at radius 3 is 1.31 bits per heavy atom. The van der Waals surface area contributed by atoms with Gasteiger partial charge in [-0.05, 0) is 76.7 Å². The minimum atomic E-state index is -0.822. The van der Waals surface area contributed by atoms with Crippen molar-refractivity contribution in [2.45, 2.75) is 277 Å². The molecule has 0 aromatic heterocycles. The molecule has 3 N–H and O–H groups in total. The van der Waals surface area contributed by atoms with Gasteiger partial charge in [0.1, 0.15) is 6.10 Å². The smallest absolute Gasteiger partial charge is 0.306 e. The summed E-state index contributed by atoms with van der Waals surface area (Å²) < 4.78 is 5.83. The number of amides is 1. The van der Waals surface area contributed by atoms with Crippen LogP contribution in [0.3, 0.4) is 0 Å². The Bertz CT molecular complexity index is 1190. The van der Waals surface area contributed by atoms with Crippen molar-refractivity contribution in [3.63, 3.8) is 0 Å². The summed E-state index contributed by atoms with van der Waals surface area (Å²) in [5.41, 5.74) is 0. The maximum Gasteiger partial charge on any atom is 0.306 e. The molecule has 1 amide bonds. The molecule has 0 rings (SSSR count). The Balaban J connectivity index is 4.69. The van der Waals surface area contributed by atoms with Crippen molar-refractivity contribution in [3.05, 3.63) is 72.9 Å². The summed E-state index contributed by atoms with van der Waals surface area (Å²) in [7, 11) is 0. The highest BCUT2D eigenvalue weighted by Crippen LogP contribution is 2.16. The first-order valence-corrected chi connectivity index (χ1v) is 27.2. The first-order valence-electron chi connectivity index (χ1n) is 27.2. The Morgan fingerprint density at radius 2 is 0.875 bits per heavy atom. The topological polar surface area (TPSA) is 95.9 Å². The van der Waals surface area contributed by atoms with Gasteiger partial charge in [0.15, 0.2) is 0 Å². The van der Waals surface area contributed by atoms with Crippen LogP contribution in [0.1, 0.15) is 258 Å². The summed E-state index contributed by atoms with van der Waals surface area (Å²) in [6.07, 6.45) is 65.7. The standard InChI is InChI=1S/C58H103NO5/c1-4-7-10-13-16-19-22-25-27-28-29-30-33-36-39-42-45-48-51-58(63)64-54(49-46-43-40-37-34-32-26-23-20-17-14-11-8-5-2)52-57(62)59-55(53-60)56(61)50-47-44-41-38-35-31-24-21-18-15-12-9-6-3/h8,11,17,20,26,29-30,32,37,40,46,49,54-56,60-61H,4-7,9-10,12-16,18-19,21-25,27-28,31,33-36,38-39,41-45,47-48,50-53H2,1-3H3,(H,59,62)/b11-8+,20-17+,30-29+,32-26+,40-37+,49-46+. The fraction of sp³-hybridized carbons (Fsp3) is 0.759. The predicted molar refractivity (Wildman–Crippen MR) is 278 cm³/mol. The highest BCUT2D eigenvalue weighted by atomic mass is 16.5. The minimum Gasteiger partial charge on any atom is -0.458 e. The van der Waals surface area contributed by atoms with E-state index in [0.717, 1.165) is 77.0 Å². The number of allylic oxidation sites excluding steroid dienone is 11. The largest absolute Gasteiger partial charge is 0.458 e. The molecule has 0 aliphatic carbocycles. The molecule has 64 heavy (non-hydrogen) atoms. The van der Waals surface area contributed by atoms with Crippen molar-refractivity contribution in [1.82, 2.24) is 5.32 Å². The van der Waals surface area contributed by atoms with Gasteiger partial charge in [-0.25, -0.2) is 0 Å². The molecule has 0 aliphatic rings. The quantitative estimate of drug-likeness (QED) is 0.0321. The first kappa shape index (κ1) is 61.3. The van der Waals surface area contributed by atoms with Gasteiger partial charge in [0.25, 0.3) is 0 Å². The summed E-state index contributed by atoms with van der Waals surface area (Å²) in [6.45, 7) is 6.34. The molecule has 6 heteroatoms. The molecule has 0 spiro atoms. The number of rotatable bonds is 48. The van der Waals surface area contributed by atoms with Gasteiger partial charge >= 0.3 is 5.97 Å². The molecule has 0 bridgehead atoms. The molecule has 0 aromatic carbocycles. The van der Waals surface area contributed by atoms with Gasteiger partial charge in [-0.3, -0.25) is 9.59 Å². The summed E-state index contributed by atoms with van der Waals surface area (Å²) in [5, 5.41) is 23.7. The Labute approximate surface area is 396 Å². The summed E-state index contributed by atoms with van der Waals surface area (Å²) >= 11 is 0. The number of hydrogen-bond donors (Lipinski definition) is 3. The molecule has 0 fully saturated rings. The molecule has 0 radical (unpaired) electrons. The lowest BCUT2D eigenvalue weighted by molar-refractivity contribution is -0.148. The van der Waals surface area contributed by atoms with E-state index in [1.165, 1.54) is 135 Å². The number of aliphatic hydroxyl groups excluding tert-OH is 2. The van der Waals surface area contributed by atoms with Gasteiger partial charge < -0.3 is 20.3 Å². The van der Waals surface area contributed by atoms with Gasteiger partial charge in [-0.1, -0.05) is 242 Å². The molecule has 6 nitrogen and oxygen atoms in total. The van der Waals surface area contributed by atoms with Crippen LogP contribution in [0.4, 0.5) is 0 Å². The fourth-order valence-corrected chi connectivity index (χ4v) is 7.92. The van der Waals surface area contributed by atoms with Crippen molar-refractivity contribution in [2.75, 3.05) is 6.61 Å². The number of carbonyl (C=O) groups is 2. The number of aliphatic hydroxyl groups is 2. The summed E-state index contributed by atoms with van der Waals surface area (Å²) in [6, 6.07) is -0.746. The zero-order valence-corrected chi connectivity index (χ0v) is 42.1. The van der Waals surface area contributed by atoms with Crippen LogP contribution in [0.2, 0.25) is 0 Å². The molecular weight excluding hydrogens is 791 g/mol. The van der Waals surface area contributed by atoms with Crippen molar-refractivity contribution in [1.29, 1.82) is 0 Å². The number of carbonyl (C=O) groups excluding carboxylic acids is 2. The second-order valence-electron chi connectivity index (χ2n) is 18.2. The van der Waals surface area contributed by atoms with E-state index in [9.17, 15) is 19.8 Å². The molecule has 3 unspecified atom stereocenters. The maximum atomic E-state index is 13.2. The summed E-state index contributed by atoms with van der Waals surface area (Å²) in [5.74, 6) is -0.636. The van der Waals surface area contributed by atoms with Crippen molar-refractivity contribution >= 4 is 11.9 Å². The van der Waals surface area contributed by atoms with E-state index in [1.54, 1.807) is 6.08 Å². The number of ether oxygens (including phenoxy) is 1. The van der Waals surface area contributed by atoms with Crippen LogP contribution in [0, 0.1) is 0 Å².